The predicted molar refractivity (Wildman–Crippen MR) is 62.3 cm³/mol. The lowest BCUT2D eigenvalue weighted by Crippen LogP contribution is -2.22. The van der Waals surface area contributed by atoms with E-state index in [-0.39, 0.29) is 19.0 Å². The zero-order chi connectivity index (χ0) is 13.4. The molecule has 0 amide bonds. The fourth-order valence-electron chi connectivity index (χ4n) is 1.17. The van der Waals surface area contributed by atoms with Gasteiger partial charge in [-0.2, -0.15) is 0 Å². The molecular weight excluding hydrogens is 239 g/mol. The van der Waals surface area contributed by atoms with Gasteiger partial charge in [0, 0.05) is 6.92 Å². The summed E-state index contributed by atoms with van der Waals surface area (Å²) >= 11 is 0. The third-order valence-electron chi connectivity index (χ3n) is 1.87. The molecule has 1 atom stereocenters. The Morgan fingerprint density at radius 3 is 2.67 bits per heavy atom. The summed E-state index contributed by atoms with van der Waals surface area (Å²) in [5.41, 5.74) is 0. The number of halogens is 1. The minimum atomic E-state index is -0.764. The van der Waals surface area contributed by atoms with Gasteiger partial charge in [0.05, 0.1) is 0 Å². The van der Waals surface area contributed by atoms with Crippen LogP contribution in [-0.2, 0) is 9.53 Å². The Kier molecular flexibility index (Phi) is 5.68. The fraction of sp³-hybridized carbons (Fsp3) is 0.308. The van der Waals surface area contributed by atoms with E-state index in [2.05, 4.69) is 11.8 Å². The second-order valence-electron chi connectivity index (χ2n) is 3.34. The predicted octanol–water partition coefficient (Wildman–Crippen LogP) is 1.13. The summed E-state index contributed by atoms with van der Waals surface area (Å²) in [5, 5.41) is 8.57. The van der Waals surface area contributed by atoms with Gasteiger partial charge in [-0.3, -0.25) is 4.79 Å². The first-order valence-corrected chi connectivity index (χ1v) is 5.26. The van der Waals surface area contributed by atoms with Crippen LogP contribution in [0.4, 0.5) is 4.39 Å². The topological polar surface area (TPSA) is 55.8 Å². The molecule has 0 saturated carbocycles. The lowest BCUT2D eigenvalue weighted by Gasteiger charge is -2.12. The van der Waals surface area contributed by atoms with Gasteiger partial charge < -0.3 is 14.6 Å². The number of aliphatic hydroxyl groups is 1. The average molecular weight is 252 g/mol. The molecule has 18 heavy (non-hydrogen) atoms. The molecular formula is C13H13FO4. The molecule has 5 heteroatoms. The largest absolute Gasteiger partial charge is 0.489 e. The second kappa shape index (κ2) is 7.30. The van der Waals surface area contributed by atoms with Crippen molar-refractivity contribution in [1.29, 1.82) is 0 Å². The highest BCUT2D eigenvalue weighted by atomic mass is 19.1. The van der Waals surface area contributed by atoms with Crippen LogP contribution in [0.2, 0.25) is 0 Å². The number of esters is 1. The van der Waals surface area contributed by atoms with Gasteiger partial charge in [0.25, 0.3) is 0 Å². The number of carbonyl (C=O) groups excluding carboxylic acids is 1. The first kappa shape index (κ1) is 14.0. The van der Waals surface area contributed by atoms with Crippen LogP contribution in [0.25, 0.3) is 0 Å². The molecule has 1 rings (SSSR count). The standard InChI is InChI=1S/C13H13FO4/c1-10(16)18-13(3-2-8-15)9-17-12-6-4-11(14)5-7-12/h4-7,13,15H,8-9H2,1H3. The summed E-state index contributed by atoms with van der Waals surface area (Å²) in [6, 6.07) is 5.43. The molecule has 0 saturated heterocycles. The van der Waals surface area contributed by atoms with E-state index in [1.54, 1.807) is 0 Å². The van der Waals surface area contributed by atoms with Crippen molar-refractivity contribution in [2.75, 3.05) is 13.2 Å². The zero-order valence-corrected chi connectivity index (χ0v) is 9.85. The molecule has 4 nitrogen and oxygen atoms in total. The molecule has 1 N–H and O–H groups in total. The van der Waals surface area contributed by atoms with E-state index >= 15 is 0 Å². The van der Waals surface area contributed by atoms with Crippen molar-refractivity contribution in [2.45, 2.75) is 13.0 Å². The van der Waals surface area contributed by atoms with E-state index in [1.807, 2.05) is 0 Å². The molecule has 0 aliphatic rings. The summed E-state index contributed by atoms with van der Waals surface area (Å²) in [7, 11) is 0. The molecule has 0 spiro atoms. The highest BCUT2D eigenvalue weighted by molar-refractivity contribution is 5.66. The van der Waals surface area contributed by atoms with E-state index in [0.29, 0.717) is 5.75 Å². The van der Waals surface area contributed by atoms with Gasteiger partial charge in [0.1, 0.15) is 24.8 Å². The summed E-state index contributed by atoms with van der Waals surface area (Å²) in [5.74, 6) is 4.52. The summed E-state index contributed by atoms with van der Waals surface area (Å²) in [6.45, 7) is 0.943. The van der Waals surface area contributed by atoms with Crippen molar-refractivity contribution in [2.24, 2.45) is 0 Å². The normalized spacial score (nSPS) is 11.1. The smallest absolute Gasteiger partial charge is 0.303 e. The quantitative estimate of drug-likeness (QED) is 0.644. The Labute approximate surface area is 104 Å². The summed E-state index contributed by atoms with van der Waals surface area (Å²) in [4.78, 5) is 10.8. The van der Waals surface area contributed by atoms with Crippen molar-refractivity contribution in [3.8, 4) is 17.6 Å². The summed E-state index contributed by atoms with van der Waals surface area (Å²) in [6.07, 6.45) is -0.764. The molecule has 0 radical (unpaired) electrons. The molecule has 96 valence electrons. The van der Waals surface area contributed by atoms with Crippen molar-refractivity contribution < 1.29 is 23.8 Å². The third-order valence-corrected chi connectivity index (χ3v) is 1.87. The van der Waals surface area contributed by atoms with Crippen LogP contribution in [0.1, 0.15) is 6.92 Å². The Morgan fingerprint density at radius 1 is 1.44 bits per heavy atom. The molecule has 0 fully saturated rings. The molecule has 0 bridgehead atoms. The van der Waals surface area contributed by atoms with E-state index in [4.69, 9.17) is 14.6 Å². The zero-order valence-electron chi connectivity index (χ0n) is 9.85. The number of benzene rings is 1. The second-order valence-corrected chi connectivity index (χ2v) is 3.34. The number of ether oxygens (including phenoxy) is 2. The van der Waals surface area contributed by atoms with Crippen LogP contribution >= 0.6 is 0 Å². The highest BCUT2D eigenvalue weighted by Crippen LogP contribution is 2.11. The molecule has 1 aromatic rings. The molecule has 0 aromatic heterocycles. The van der Waals surface area contributed by atoms with Crippen LogP contribution in [0.5, 0.6) is 5.75 Å². The number of hydrogen-bond acceptors (Lipinski definition) is 4. The Bertz CT molecular complexity index is 444. The van der Waals surface area contributed by atoms with Crippen LogP contribution < -0.4 is 4.74 Å². The van der Waals surface area contributed by atoms with Gasteiger partial charge in [0.15, 0.2) is 6.10 Å². The van der Waals surface area contributed by atoms with Crippen LogP contribution in [-0.4, -0.2) is 30.4 Å². The SMILES string of the molecule is CC(=O)OC(C#CCO)COc1ccc(F)cc1. The maximum Gasteiger partial charge on any atom is 0.303 e. The lowest BCUT2D eigenvalue weighted by molar-refractivity contribution is -0.144. The maximum atomic E-state index is 12.6. The van der Waals surface area contributed by atoms with Crippen LogP contribution in [0.3, 0.4) is 0 Å². The van der Waals surface area contributed by atoms with E-state index < -0.39 is 12.1 Å². The van der Waals surface area contributed by atoms with Gasteiger partial charge in [-0.05, 0) is 24.3 Å². The first-order chi connectivity index (χ1) is 8.61. The average Bonchev–Trinajstić information content (AvgIpc) is 2.34. The van der Waals surface area contributed by atoms with Gasteiger partial charge in [0.2, 0.25) is 0 Å². The summed E-state index contributed by atoms with van der Waals surface area (Å²) < 4.78 is 22.8. The number of hydrogen-bond donors (Lipinski definition) is 1. The Morgan fingerprint density at radius 2 is 2.11 bits per heavy atom. The van der Waals surface area contributed by atoms with E-state index in [9.17, 15) is 9.18 Å². The van der Waals surface area contributed by atoms with Crippen molar-refractivity contribution in [3.63, 3.8) is 0 Å². The van der Waals surface area contributed by atoms with Crippen LogP contribution in [0, 0.1) is 17.7 Å². The van der Waals surface area contributed by atoms with Crippen LogP contribution in [0.15, 0.2) is 24.3 Å². The van der Waals surface area contributed by atoms with E-state index in [1.165, 1.54) is 31.2 Å². The van der Waals surface area contributed by atoms with Gasteiger partial charge in [-0.1, -0.05) is 11.8 Å². The van der Waals surface area contributed by atoms with Crippen molar-refractivity contribution in [3.05, 3.63) is 30.1 Å². The minimum absolute atomic E-state index is 0.0121. The molecule has 0 aliphatic heterocycles. The van der Waals surface area contributed by atoms with Gasteiger partial charge in [-0.15, -0.1) is 0 Å². The Hall–Kier alpha value is -2.06. The third kappa shape index (κ3) is 5.32. The minimum Gasteiger partial charge on any atom is -0.489 e. The number of rotatable bonds is 4. The molecule has 1 aromatic carbocycles. The van der Waals surface area contributed by atoms with E-state index in [0.717, 1.165) is 0 Å². The fourth-order valence-corrected chi connectivity index (χ4v) is 1.17. The Balaban J connectivity index is 2.55. The molecule has 0 heterocycles. The van der Waals surface area contributed by atoms with Gasteiger partial charge >= 0.3 is 5.97 Å². The first-order valence-electron chi connectivity index (χ1n) is 5.26. The molecule has 1 unspecified atom stereocenters. The lowest BCUT2D eigenvalue weighted by atomic mass is 10.3. The number of carbonyl (C=O) groups is 1. The molecule has 0 aliphatic carbocycles. The maximum absolute atomic E-state index is 12.6. The van der Waals surface area contributed by atoms with Crippen molar-refractivity contribution >= 4 is 5.97 Å². The highest BCUT2D eigenvalue weighted by Gasteiger charge is 2.09. The number of aliphatic hydroxyl groups excluding tert-OH is 1. The van der Waals surface area contributed by atoms with Crippen molar-refractivity contribution in [1.82, 2.24) is 0 Å². The monoisotopic (exact) mass is 252 g/mol. The van der Waals surface area contributed by atoms with Gasteiger partial charge in [-0.25, -0.2) is 4.39 Å².